The predicted octanol–water partition coefficient (Wildman–Crippen LogP) is 2.16. The summed E-state index contributed by atoms with van der Waals surface area (Å²) in [6.45, 7) is 4.62. The van der Waals surface area contributed by atoms with Crippen molar-refractivity contribution in [3.8, 4) is 16.9 Å². The van der Waals surface area contributed by atoms with Gasteiger partial charge in [0.25, 0.3) is 0 Å². The fourth-order valence-electron chi connectivity index (χ4n) is 3.59. The lowest BCUT2D eigenvalue weighted by molar-refractivity contribution is -0.0732. The molecule has 0 bridgehead atoms. The van der Waals surface area contributed by atoms with Crippen LogP contribution in [0.25, 0.3) is 16.8 Å². The van der Waals surface area contributed by atoms with Crippen molar-refractivity contribution >= 4 is 11.5 Å². The van der Waals surface area contributed by atoms with E-state index in [0.717, 1.165) is 29.0 Å². The molecule has 0 amide bonds. The van der Waals surface area contributed by atoms with Gasteiger partial charge in [0.1, 0.15) is 11.6 Å². The standard InChI is InChI=1S/C19H23N5O3.C2H6/c1-27-13-4-2-3-11(7-13)14-10-22-24-17(20)8-16(23-18(14)24)12-5-6-15(19(25)26)21-9-12;1-2/h2-4,7-8,10,12,15,19,21,25-26H,5-6,9,20H2,1H3;1-2H3. The van der Waals surface area contributed by atoms with Crippen molar-refractivity contribution in [3.05, 3.63) is 42.2 Å². The normalized spacial score (nSPS) is 19.1. The minimum absolute atomic E-state index is 0.153. The number of benzene rings is 1. The number of ether oxygens (including phenoxy) is 1. The van der Waals surface area contributed by atoms with Crippen LogP contribution in [0.3, 0.4) is 0 Å². The molecule has 5 N–H and O–H groups in total. The van der Waals surface area contributed by atoms with Crippen LogP contribution in [0.4, 0.5) is 5.82 Å². The Morgan fingerprint density at radius 3 is 2.69 bits per heavy atom. The van der Waals surface area contributed by atoms with Gasteiger partial charge in [-0.25, -0.2) is 4.98 Å². The van der Waals surface area contributed by atoms with Gasteiger partial charge in [0.15, 0.2) is 11.9 Å². The van der Waals surface area contributed by atoms with Gasteiger partial charge < -0.3 is 26.0 Å². The maximum absolute atomic E-state index is 9.33. The molecule has 2 atom stereocenters. The zero-order valence-electron chi connectivity index (χ0n) is 17.0. The van der Waals surface area contributed by atoms with Crippen molar-refractivity contribution < 1.29 is 14.9 Å². The number of aliphatic hydroxyl groups is 2. The number of nitrogens with zero attached hydrogens (tertiary/aromatic N) is 3. The lowest BCUT2D eigenvalue weighted by Crippen LogP contribution is -2.45. The molecule has 3 heterocycles. The van der Waals surface area contributed by atoms with Gasteiger partial charge in [0.05, 0.1) is 25.0 Å². The Kier molecular flexibility index (Phi) is 6.68. The number of nitrogens with one attached hydrogen (secondary N) is 1. The Bertz CT molecular complexity index is 949. The average molecular weight is 399 g/mol. The van der Waals surface area contributed by atoms with E-state index in [-0.39, 0.29) is 12.0 Å². The molecule has 1 saturated heterocycles. The number of anilines is 1. The van der Waals surface area contributed by atoms with Crippen LogP contribution in [-0.2, 0) is 0 Å². The Hall–Kier alpha value is -2.68. The highest BCUT2D eigenvalue weighted by atomic mass is 16.5. The lowest BCUT2D eigenvalue weighted by Gasteiger charge is -2.30. The number of methoxy groups -OCH3 is 1. The van der Waals surface area contributed by atoms with Crippen molar-refractivity contribution in [1.29, 1.82) is 0 Å². The highest BCUT2D eigenvalue weighted by Crippen LogP contribution is 2.31. The Morgan fingerprint density at radius 1 is 1.24 bits per heavy atom. The van der Waals surface area contributed by atoms with E-state index < -0.39 is 6.29 Å². The number of nitrogens with two attached hydrogens (primary N) is 1. The molecular formula is C21H29N5O3. The quantitative estimate of drug-likeness (QED) is 0.497. The third-order valence-corrected chi connectivity index (χ3v) is 5.13. The minimum Gasteiger partial charge on any atom is -0.497 e. The summed E-state index contributed by atoms with van der Waals surface area (Å²) in [5.74, 6) is 1.44. The van der Waals surface area contributed by atoms with Crippen LogP contribution < -0.4 is 15.8 Å². The monoisotopic (exact) mass is 399 g/mol. The van der Waals surface area contributed by atoms with Crippen molar-refractivity contribution in [1.82, 2.24) is 19.9 Å². The van der Waals surface area contributed by atoms with Crippen molar-refractivity contribution in [3.63, 3.8) is 0 Å². The summed E-state index contributed by atoms with van der Waals surface area (Å²) in [7, 11) is 1.64. The molecule has 0 saturated carbocycles. The highest BCUT2D eigenvalue weighted by molar-refractivity contribution is 5.78. The first-order chi connectivity index (χ1) is 14.1. The smallest absolute Gasteiger partial charge is 0.167 e. The molecule has 3 aromatic rings. The molecule has 8 nitrogen and oxygen atoms in total. The Labute approximate surface area is 170 Å². The number of piperidine rings is 1. The molecule has 0 radical (unpaired) electrons. The minimum atomic E-state index is -1.35. The first-order valence-electron chi connectivity index (χ1n) is 9.95. The fourth-order valence-corrected chi connectivity index (χ4v) is 3.59. The van der Waals surface area contributed by atoms with Gasteiger partial charge in [0.2, 0.25) is 0 Å². The van der Waals surface area contributed by atoms with Crippen LogP contribution in [0.1, 0.15) is 38.3 Å². The van der Waals surface area contributed by atoms with Crippen LogP contribution in [0.5, 0.6) is 5.75 Å². The highest BCUT2D eigenvalue weighted by Gasteiger charge is 2.27. The van der Waals surface area contributed by atoms with E-state index >= 15 is 0 Å². The van der Waals surface area contributed by atoms with E-state index in [1.54, 1.807) is 17.8 Å². The summed E-state index contributed by atoms with van der Waals surface area (Å²) in [6, 6.07) is 9.29. The molecular weight excluding hydrogens is 370 g/mol. The topological polar surface area (TPSA) is 118 Å². The van der Waals surface area contributed by atoms with E-state index in [0.29, 0.717) is 24.4 Å². The molecule has 1 aliphatic heterocycles. The molecule has 29 heavy (non-hydrogen) atoms. The fraction of sp³-hybridized carbons (Fsp3) is 0.429. The lowest BCUT2D eigenvalue weighted by atomic mass is 9.91. The number of fused-ring (bicyclic) bond motifs is 1. The number of aliphatic hydroxyl groups excluding tert-OH is 1. The molecule has 1 aromatic carbocycles. The zero-order chi connectivity index (χ0) is 21.0. The van der Waals surface area contributed by atoms with E-state index in [1.807, 2.05) is 44.2 Å². The maximum Gasteiger partial charge on any atom is 0.167 e. The molecule has 8 heteroatoms. The van der Waals surface area contributed by atoms with E-state index in [9.17, 15) is 10.2 Å². The second-order valence-electron chi connectivity index (χ2n) is 6.83. The van der Waals surface area contributed by atoms with E-state index in [2.05, 4.69) is 10.4 Å². The average Bonchev–Trinajstić information content (AvgIpc) is 3.20. The van der Waals surface area contributed by atoms with Gasteiger partial charge in [-0.3, -0.25) is 0 Å². The van der Waals surface area contributed by atoms with Gasteiger partial charge in [-0.1, -0.05) is 26.0 Å². The number of nitrogen functional groups attached to an aromatic ring is 1. The first kappa shape index (κ1) is 21.0. The summed E-state index contributed by atoms with van der Waals surface area (Å²) in [5.41, 5.74) is 9.64. The second kappa shape index (κ2) is 9.21. The van der Waals surface area contributed by atoms with Crippen LogP contribution in [0, 0.1) is 0 Å². The maximum atomic E-state index is 9.33. The summed E-state index contributed by atoms with van der Waals surface area (Å²) in [5, 5.41) is 26.2. The molecule has 156 valence electrons. The second-order valence-corrected chi connectivity index (χ2v) is 6.83. The largest absolute Gasteiger partial charge is 0.497 e. The van der Waals surface area contributed by atoms with E-state index in [1.165, 1.54) is 0 Å². The van der Waals surface area contributed by atoms with Crippen LogP contribution >= 0.6 is 0 Å². The third kappa shape index (κ3) is 4.34. The van der Waals surface area contributed by atoms with Gasteiger partial charge in [0, 0.05) is 24.1 Å². The van der Waals surface area contributed by atoms with Crippen LogP contribution in [-0.4, -0.2) is 50.8 Å². The molecule has 1 aliphatic rings. The summed E-state index contributed by atoms with van der Waals surface area (Å²) in [4.78, 5) is 4.84. The van der Waals surface area contributed by atoms with E-state index in [4.69, 9.17) is 15.5 Å². The van der Waals surface area contributed by atoms with Gasteiger partial charge >= 0.3 is 0 Å². The summed E-state index contributed by atoms with van der Waals surface area (Å²) < 4.78 is 6.95. The predicted molar refractivity (Wildman–Crippen MR) is 113 cm³/mol. The molecule has 4 rings (SSSR count). The van der Waals surface area contributed by atoms with Gasteiger partial charge in [-0.15, -0.1) is 0 Å². The number of hydrogen-bond donors (Lipinski definition) is 4. The summed E-state index contributed by atoms with van der Waals surface area (Å²) in [6.07, 6.45) is 1.88. The summed E-state index contributed by atoms with van der Waals surface area (Å²) >= 11 is 0. The van der Waals surface area contributed by atoms with Crippen LogP contribution in [0.15, 0.2) is 36.5 Å². The third-order valence-electron chi connectivity index (χ3n) is 5.13. The molecule has 2 unspecified atom stereocenters. The van der Waals surface area contributed by atoms with Gasteiger partial charge in [-0.2, -0.15) is 9.61 Å². The molecule has 1 fully saturated rings. The molecule has 0 spiro atoms. The van der Waals surface area contributed by atoms with Crippen molar-refractivity contribution in [2.45, 2.75) is 44.9 Å². The Balaban J connectivity index is 0.00000117. The Morgan fingerprint density at radius 2 is 2.03 bits per heavy atom. The van der Waals surface area contributed by atoms with Crippen molar-refractivity contribution in [2.75, 3.05) is 19.4 Å². The van der Waals surface area contributed by atoms with Crippen LogP contribution in [0.2, 0.25) is 0 Å². The first-order valence-corrected chi connectivity index (χ1v) is 9.95. The number of aromatic nitrogens is 3. The molecule has 2 aromatic heterocycles. The molecule has 0 aliphatic carbocycles. The number of hydrogen-bond acceptors (Lipinski definition) is 7. The SMILES string of the molecule is CC.COc1cccc(-c2cnn3c(N)cc(C4CCC(C(O)O)NC4)nc23)c1. The van der Waals surface area contributed by atoms with Crippen molar-refractivity contribution in [2.24, 2.45) is 0 Å². The zero-order valence-corrected chi connectivity index (χ0v) is 17.0. The van der Waals surface area contributed by atoms with Gasteiger partial charge in [-0.05, 0) is 30.5 Å². The number of rotatable bonds is 4.